The Morgan fingerprint density at radius 1 is 1.40 bits per heavy atom. The third-order valence-corrected chi connectivity index (χ3v) is 3.07. The second-order valence-corrected chi connectivity index (χ2v) is 5.04. The van der Waals surface area contributed by atoms with Crippen LogP contribution >= 0.6 is 15.9 Å². The van der Waals surface area contributed by atoms with Crippen molar-refractivity contribution in [1.29, 1.82) is 0 Å². The molecule has 0 heterocycles. The zero-order valence-electron chi connectivity index (χ0n) is 9.44. The average Bonchev–Trinajstić information content (AvgIpc) is 2.17. The van der Waals surface area contributed by atoms with Crippen molar-refractivity contribution in [3.63, 3.8) is 0 Å². The predicted octanol–water partition coefficient (Wildman–Crippen LogP) is 2.68. The fourth-order valence-electron chi connectivity index (χ4n) is 1.93. The van der Waals surface area contributed by atoms with Gasteiger partial charge in [0.1, 0.15) is 0 Å². The average molecular weight is 272 g/mol. The third-order valence-electron chi connectivity index (χ3n) is 2.57. The largest absolute Gasteiger partial charge is 0.396 e. The summed E-state index contributed by atoms with van der Waals surface area (Å²) in [5, 5.41) is 9.25. The predicted molar refractivity (Wildman–Crippen MR) is 66.8 cm³/mol. The molecule has 2 atom stereocenters. The number of hydrogen-bond acceptors (Lipinski definition) is 2. The number of aliphatic hydroxyl groups is 1. The second-order valence-electron chi connectivity index (χ2n) is 4.12. The Kier molecular flexibility index (Phi) is 4.77. The highest BCUT2D eigenvalue weighted by Crippen LogP contribution is 2.28. The topological polar surface area (TPSA) is 23.5 Å². The molecule has 0 bridgehead atoms. The molecular formula is C12H18BrNO. The van der Waals surface area contributed by atoms with Gasteiger partial charge in [0.05, 0.1) is 0 Å². The molecule has 1 rings (SSSR count). The molecule has 0 amide bonds. The van der Waals surface area contributed by atoms with Crippen molar-refractivity contribution in [3.05, 3.63) is 34.3 Å². The van der Waals surface area contributed by atoms with Gasteiger partial charge in [-0.1, -0.05) is 35.0 Å². The van der Waals surface area contributed by atoms with Crippen LogP contribution in [0.25, 0.3) is 0 Å². The molecule has 0 aromatic heterocycles. The summed E-state index contributed by atoms with van der Waals surface area (Å²) in [6, 6.07) is 8.51. The van der Waals surface area contributed by atoms with Crippen LogP contribution < -0.4 is 0 Å². The summed E-state index contributed by atoms with van der Waals surface area (Å²) >= 11 is 3.47. The molecule has 0 aliphatic carbocycles. The van der Waals surface area contributed by atoms with E-state index in [9.17, 15) is 5.11 Å². The van der Waals surface area contributed by atoms with E-state index in [0.717, 1.165) is 4.47 Å². The number of hydrogen-bond donors (Lipinski definition) is 1. The van der Waals surface area contributed by atoms with E-state index in [0.29, 0.717) is 0 Å². The van der Waals surface area contributed by atoms with Gasteiger partial charge in [-0.15, -0.1) is 0 Å². The summed E-state index contributed by atoms with van der Waals surface area (Å²) in [5.41, 5.74) is 1.23. The zero-order chi connectivity index (χ0) is 11.4. The van der Waals surface area contributed by atoms with Gasteiger partial charge in [0, 0.05) is 17.1 Å². The Balaban J connectivity index is 2.99. The van der Waals surface area contributed by atoms with E-state index in [4.69, 9.17) is 0 Å². The van der Waals surface area contributed by atoms with Crippen molar-refractivity contribution < 1.29 is 5.11 Å². The first-order valence-electron chi connectivity index (χ1n) is 5.09. The van der Waals surface area contributed by atoms with Gasteiger partial charge in [0.15, 0.2) is 0 Å². The van der Waals surface area contributed by atoms with E-state index < -0.39 is 0 Å². The number of nitrogens with zero attached hydrogens (tertiary/aromatic N) is 1. The van der Waals surface area contributed by atoms with E-state index >= 15 is 0 Å². The minimum absolute atomic E-state index is 0.204. The number of aliphatic hydroxyl groups excluding tert-OH is 1. The zero-order valence-corrected chi connectivity index (χ0v) is 11.0. The summed E-state index contributed by atoms with van der Waals surface area (Å²) in [6.07, 6.45) is 0. The summed E-state index contributed by atoms with van der Waals surface area (Å²) in [5.74, 6) is 0.231. The fraction of sp³-hybridized carbons (Fsp3) is 0.500. The van der Waals surface area contributed by atoms with Crippen molar-refractivity contribution in [2.75, 3.05) is 20.7 Å². The maximum absolute atomic E-state index is 9.25. The summed E-state index contributed by atoms with van der Waals surface area (Å²) in [4.78, 5) is 2.14. The van der Waals surface area contributed by atoms with Gasteiger partial charge in [-0.2, -0.15) is 0 Å². The molecule has 2 nitrogen and oxygen atoms in total. The van der Waals surface area contributed by atoms with Crippen molar-refractivity contribution in [3.8, 4) is 0 Å². The van der Waals surface area contributed by atoms with E-state index in [2.05, 4.69) is 39.9 Å². The lowest BCUT2D eigenvalue weighted by Gasteiger charge is -2.29. The minimum atomic E-state index is 0.204. The standard InChI is InChI=1S/C12H18BrNO/c1-9(8-15)12(14(2)3)10-5-4-6-11(13)7-10/h4-7,9,12,15H,8H2,1-3H3. The molecule has 84 valence electrons. The normalized spacial score (nSPS) is 15.3. The number of rotatable bonds is 4. The van der Waals surface area contributed by atoms with Crippen LogP contribution in [0.3, 0.4) is 0 Å². The molecule has 15 heavy (non-hydrogen) atoms. The Bertz CT molecular complexity index is 314. The summed E-state index contributed by atoms with van der Waals surface area (Å²) < 4.78 is 1.08. The Hall–Kier alpha value is -0.380. The second kappa shape index (κ2) is 5.64. The minimum Gasteiger partial charge on any atom is -0.396 e. The lowest BCUT2D eigenvalue weighted by Crippen LogP contribution is -2.27. The first-order valence-corrected chi connectivity index (χ1v) is 5.88. The first-order chi connectivity index (χ1) is 7.06. The van der Waals surface area contributed by atoms with Crippen LogP contribution in [0.5, 0.6) is 0 Å². The maximum atomic E-state index is 9.25. The molecule has 3 heteroatoms. The van der Waals surface area contributed by atoms with Gasteiger partial charge in [-0.3, -0.25) is 0 Å². The summed E-state index contributed by atoms with van der Waals surface area (Å²) in [7, 11) is 4.08. The Morgan fingerprint density at radius 3 is 2.53 bits per heavy atom. The Morgan fingerprint density at radius 2 is 2.07 bits per heavy atom. The number of halogens is 1. The van der Waals surface area contributed by atoms with Crippen LogP contribution in [0.2, 0.25) is 0 Å². The van der Waals surface area contributed by atoms with Crippen molar-refractivity contribution in [2.45, 2.75) is 13.0 Å². The first kappa shape index (κ1) is 12.7. The van der Waals surface area contributed by atoms with Crippen LogP contribution in [0.4, 0.5) is 0 Å². The van der Waals surface area contributed by atoms with E-state index in [1.165, 1.54) is 5.56 Å². The molecule has 1 N–H and O–H groups in total. The lowest BCUT2D eigenvalue weighted by atomic mass is 9.94. The molecule has 0 aliphatic rings. The highest BCUT2D eigenvalue weighted by Gasteiger charge is 2.20. The van der Waals surface area contributed by atoms with Gasteiger partial charge in [-0.25, -0.2) is 0 Å². The van der Waals surface area contributed by atoms with Gasteiger partial charge in [0.2, 0.25) is 0 Å². The van der Waals surface area contributed by atoms with Crippen LogP contribution in [0.15, 0.2) is 28.7 Å². The molecule has 0 radical (unpaired) electrons. The maximum Gasteiger partial charge on any atom is 0.0474 e. The quantitative estimate of drug-likeness (QED) is 0.911. The SMILES string of the molecule is CC(CO)C(c1cccc(Br)c1)N(C)C. The third kappa shape index (κ3) is 3.30. The molecular weight excluding hydrogens is 254 g/mol. The molecule has 0 aliphatic heterocycles. The molecule has 1 aromatic rings. The van der Waals surface area contributed by atoms with Gasteiger partial charge < -0.3 is 10.0 Å². The van der Waals surface area contributed by atoms with E-state index in [-0.39, 0.29) is 18.6 Å². The van der Waals surface area contributed by atoms with E-state index in [1.54, 1.807) is 0 Å². The van der Waals surface area contributed by atoms with Crippen LogP contribution in [-0.4, -0.2) is 30.7 Å². The Labute approximate surface area is 100 Å². The molecule has 0 saturated carbocycles. The highest BCUT2D eigenvalue weighted by molar-refractivity contribution is 9.10. The van der Waals surface area contributed by atoms with Gasteiger partial charge >= 0.3 is 0 Å². The fourth-order valence-corrected chi connectivity index (χ4v) is 2.34. The molecule has 2 unspecified atom stereocenters. The molecule has 0 spiro atoms. The summed E-state index contributed by atoms with van der Waals surface area (Å²) in [6.45, 7) is 2.26. The van der Waals surface area contributed by atoms with Crippen LogP contribution in [0.1, 0.15) is 18.5 Å². The molecule has 0 fully saturated rings. The van der Waals surface area contributed by atoms with E-state index in [1.807, 2.05) is 26.2 Å². The van der Waals surface area contributed by atoms with Gasteiger partial charge in [0.25, 0.3) is 0 Å². The van der Waals surface area contributed by atoms with Crippen molar-refractivity contribution in [1.82, 2.24) is 4.90 Å². The van der Waals surface area contributed by atoms with Gasteiger partial charge in [-0.05, 0) is 37.7 Å². The smallest absolute Gasteiger partial charge is 0.0474 e. The highest BCUT2D eigenvalue weighted by atomic mass is 79.9. The molecule has 0 saturated heterocycles. The lowest BCUT2D eigenvalue weighted by molar-refractivity contribution is 0.145. The number of benzene rings is 1. The van der Waals surface area contributed by atoms with Crippen molar-refractivity contribution in [2.24, 2.45) is 5.92 Å². The monoisotopic (exact) mass is 271 g/mol. The van der Waals surface area contributed by atoms with Crippen LogP contribution in [-0.2, 0) is 0 Å². The molecule has 1 aromatic carbocycles. The van der Waals surface area contributed by atoms with Crippen molar-refractivity contribution >= 4 is 15.9 Å². The van der Waals surface area contributed by atoms with Crippen LogP contribution in [0, 0.1) is 5.92 Å².